The Morgan fingerprint density at radius 2 is 1.44 bits per heavy atom. The van der Waals surface area contributed by atoms with Crippen molar-refractivity contribution in [1.82, 2.24) is 5.48 Å². The quantitative estimate of drug-likeness (QED) is 0.416. The van der Waals surface area contributed by atoms with Crippen LogP contribution in [0.3, 0.4) is 0 Å². The van der Waals surface area contributed by atoms with Crippen LogP contribution < -0.4 is 15.0 Å². The fourth-order valence-corrected chi connectivity index (χ4v) is 2.74. The Hall–Kier alpha value is -2.53. The van der Waals surface area contributed by atoms with Crippen molar-refractivity contribution in [3.8, 4) is 11.5 Å². The largest absolute Gasteiger partial charge is 0.493 e. The molecule has 1 amide bonds. The predicted molar refractivity (Wildman–Crippen MR) is 96.3 cm³/mol. The Labute approximate surface area is 148 Å². The van der Waals surface area contributed by atoms with Crippen molar-refractivity contribution in [2.75, 3.05) is 14.2 Å². The zero-order valence-electron chi connectivity index (χ0n) is 14.7. The number of rotatable bonds is 9. The Kier molecular flexibility index (Phi) is 7.29. The molecule has 0 unspecified atom stereocenters. The van der Waals surface area contributed by atoms with E-state index in [1.54, 1.807) is 19.7 Å². The lowest BCUT2D eigenvalue weighted by molar-refractivity contribution is -0.128. The van der Waals surface area contributed by atoms with Crippen LogP contribution in [-0.2, 0) is 24.1 Å². The number of benzene rings is 2. The first kappa shape index (κ1) is 18.8. The van der Waals surface area contributed by atoms with Gasteiger partial charge in [-0.2, -0.15) is 0 Å². The van der Waals surface area contributed by atoms with Crippen LogP contribution in [0.4, 0.5) is 0 Å². The normalized spacial score (nSPS) is 10.4. The third-order valence-corrected chi connectivity index (χ3v) is 4.14. The van der Waals surface area contributed by atoms with Crippen LogP contribution in [0.2, 0.25) is 0 Å². The van der Waals surface area contributed by atoms with E-state index in [2.05, 4.69) is 6.07 Å². The summed E-state index contributed by atoms with van der Waals surface area (Å²) in [7, 11) is 3.29. The molecule has 0 atom stereocenters. The molecule has 0 spiro atoms. The van der Waals surface area contributed by atoms with E-state index in [9.17, 15) is 4.79 Å². The standard InChI is InChI=1S/C20H25NO4/c1-24-18-12-11-16(13-19(18)25-2)6-4-3-5-15-7-9-17(10-8-15)14-20(22)21-23/h7-13,23H,3-6,14H2,1-2H3,(H,21,22). The van der Waals surface area contributed by atoms with Crippen LogP contribution in [0.1, 0.15) is 29.5 Å². The van der Waals surface area contributed by atoms with Gasteiger partial charge in [0.1, 0.15) is 0 Å². The van der Waals surface area contributed by atoms with Crippen molar-refractivity contribution in [3.05, 3.63) is 59.2 Å². The summed E-state index contributed by atoms with van der Waals surface area (Å²) in [5, 5.41) is 8.54. The molecule has 0 saturated carbocycles. The molecule has 2 rings (SSSR count). The zero-order chi connectivity index (χ0) is 18.1. The van der Waals surface area contributed by atoms with Gasteiger partial charge in [0.15, 0.2) is 11.5 Å². The maximum absolute atomic E-state index is 11.1. The minimum atomic E-state index is -0.400. The number of nitrogens with one attached hydrogen (secondary N) is 1. The van der Waals surface area contributed by atoms with Crippen molar-refractivity contribution in [3.63, 3.8) is 0 Å². The van der Waals surface area contributed by atoms with Gasteiger partial charge in [-0.25, -0.2) is 5.48 Å². The second-order valence-corrected chi connectivity index (χ2v) is 5.92. The highest BCUT2D eigenvalue weighted by atomic mass is 16.5. The SMILES string of the molecule is COc1ccc(CCCCc2ccc(CC(=O)NO)cc2)cc1OC. The molecule has 2 N–H and O–H groups in total. The van der Waals surface area contributed by atoms with E-state index in [1.165, 1.54) is 11.1 Å². The molecular weight excluding hydrogens is 318 g/mol. The molecule has 2 aromatic rings. The van der Waals surface area contributed by atoms with E-state index in [1.807, 2.05) is 36.4 Å². The number of carbonyl (C=O) groups is 1. The molecule has 0 aliphatic carbocycles. The highest BCUT2D eigenvalue weighted by Gasteiger charge is 2.05. The summed E-state index contributed by atoms with van der Waals surface area (Å²) in [6, 6.07) is 14.0. The number of methoxy groups -OCH3 is 2. The van der Waals surface area contributed by atoms with Gasteiger partial charge in [-0.05, 0) is 54.5 Å². The number of ether oxygens (including phenoxy) is 2. The predicted octanol–water partition coefficient (Wildman–Crippen LogP) is 3.32. The first-order chi connectivity index (χ1) is 12.2. The van der Waals surface area contributed by atoms with Crippen LogP contribution in [0.25, 0.3) is 0 Å². The summed E-state index contributed by atoms with van der Waals surface area (Å²) < 4.78 is 10.6. The molecular formula is C20H25NO4. The monoisotopic (exact) mass is 343 g/mol. The zero-order valence-corrected chi connectivity index (χ0v) is 14.7. The van der Waals surface area contributed by atoms with Crippen LogP contribution in [0.15, 0.2) is 42.5 Å². The van der Waals surface area contributed by atoms with Gasteiger partial charge in [0.05, 0.1) is 20.6 Å². The second-order valence-electron chi connectivity index (χ2n) is 5.92. The molecule has 0 heterocycles. The smallest absolute Gasteiger partial charge is 0.247 e. The number of hydroxylamine groups is 1. The summed E-state index contributed by atoms with van der Waals surface area (Å²) >= 11 is 0. The number of carbonyl (C=O) groups excluding carboxylic acids is 1. The highest BCUT2D eigenvalue weighted by Crippen LogP contribution is 2.28. The van der Waals surface area contributed by atoms with Gasteiger partial charge < -0.3 is 9.47 Å². The van der Waals surface area contributed by atoms with Crippen molar-refractivity contribution in [2.24, 2.45) is 0 Å². The molecule has 0 bridgehead atoms. The minimum Gasteiger partial charge on any atom is -0.493 e. The third kappa shape index (κ3) is 5.80. The fraction of sp³-hybridized carbons (Fsp3) is 0.350. The molecule has 25 heavy (non-hydrogen) atoms. The minimum absolute atomic E-state index is 0.191. The van der Waals surface area contributed by atoms with Gasteiger partial charge >= 0.3 is 0 Å². The lowest BCUT2D eigenvalue weighted by Crippen LogP contribution is -2.20. The Balaban J connectivity index is 1.78. The average molecular weight is 343 g/mol. The maximum atomic E-state index is 11.1. The van der Waals surface area contributed by atoms with Gasteiger partial charge in [-0.3, -0.25) is 10.0 Å². The van der Waals surface area contributed by atoms with Crippen LogP contribution in [-0.4, -0.2) is 25.3 Å². The Bertz CT molecular complexity index is 683. The fourth-order valence-electron chi connectivity index (χ4n) is 2.74. The summed E-state index contributed by atoms with van der Waals surface area (Å²) in [6.45, 7) is 0. The van der Waals surface area contributed by atoms with E-state index in [0.717, 1.165) is 42.7 Å². The van der Waals surface area contributed by atoms with Crippen LogP contribution in [0.5, 0.6) is 11.5 Å². The number of hydrogen-bond acceptors (Lipinski definition) is 4. The summed E-state index contributed by atoms with van der Waals surface area (Å²) in [5.41, 5.74) is 5.02. The summed E-state index contributed by atoms with van der Waals surface area (Å²) in [5.74, 6) is 1.12. The van der Waals surface area contributed by atoms with Gasteiger partial charge in [0.25, 0.3) is 0 Å². The second kappa shape index (κ2) is 9.69. The first-order valence-electron chi connectivity index (χ1n) is 8.38. The molecule has 0 fully saturated rings. The molecule has 0 aliphatic heterocycles. The summed E-state index contributed by atoms with van der Waals surface area (Å²) in [4.78, 5) is 11.1. The van der Waals surface area contributed by atoms with Crippen molar-refractivity contribution in [2.45, 2.75) is 32.1 Å². The van der Waals surface area contributed by atoms with Crippen LogP contribution >= 0.6 is 0 Å². The van der Waals surface area contributed by atoms with Crippen molar-refractivity contribution in [1.29, 1.82) is 0 Å². The summed E-state index contributed by atoms with van der Waals surface area (Å²) in [6.07, 6.45) is 4.36. The van der Waals surface area contributed by atoms with E-state index in [4.69, 9.17) is 14.7 Å². The first-order valence-corrected chi connectivity index (χ1v) is 8.38. The number of hydrogen-bond donors (Lipinski definition) is 2. The lowest BCUT2D eigenvalue weighted by atomic mass is 10.0. The van der Waals surface area contributed by atoms with E-state index in [-0.39, 0.29) is 6.42 Å². The van der Waals surface area contributed by atoms with Crippen molar-refractivity contribution < 1.29 is 19.5 Å². The van der Waals surface area contributed by atoms with E-state index in [0.29, 0.717) is 0 Å². The van der Waals surface area contributed by atoms with E-state index >= 15 is 0 Å². The molecule has 0 saturated heterocycles. The molecule has 0 radical (unpaired) electrons. The molecule has 5 nitrogen and oxygen atoms in total. The Morgan fingerprint density at radius 1 is 0.880 bits per heavy atom. The maximum Gasteiger partial charge on any atom is 0.247 e. The molecule has 0 aromatic heterocycles. The molecule has 0 aliphatic rings. The third-order valence-electron chi connectivity index (χ3n) is 4.14. The lowest BCUT2D eigenvalue weighted by Gasteiger charge is -2.09. The number of amides is 1. The van der Waals surface area contributed by atoms with Crippen LogP contribution in [0, 0.1) is 0 Å². The van der Waals surface area contributed by atoms with Crippen molar-refractivity contribution >= 4 is 5.91 Å². The molecule has 134 valence electrons. The highest BCUT2D eigenvalue weighted by molar-refractivity contribution is 5.77. The van der Waals surface area contributed by atoms with Gasteiger partial charge in [-0.1, -0.05) is 30.3 Å². The van der Waals surface area contributed by atoms with Gasteiger partial charge in [0.2, 0.25) is 5.91 Å². The Morgan fingerprint density at radius 3 is 2.04 bits per heavy atom. The topological polar surface area (TPSA) is 67.8 Å². The molecule has 2 aromatic carbocycles. The van der Waals surface area contributed by atoms with Gasteiger partial charge in [0, 0.05) is 0 Å². The van der Waals surface area contributed by atoms with Gasteiger partial charge in [-0.15, -0.1) is 0 Å². The van der Waals surface area contributed by atoms with E-state index < -0.39 is 5.91 Å². The average Bonchev–Trinajstić information content (AvgIpc) is 2.66. The molecule has 5 heteroatoms. The number of aryl methyl sites for hydroxylation is 2. The number of unbranched alkanes of at least 4 members (excludes halogenated alkanes) is 1.